The van der Waals surface area contributed by atoms with Crippen LogP contribution in [-0.2, 0) is 36.2 Å². The molecule has 2 unspecified atom stereocenters. The minimum atomic E-state index is -1.99. The first kappa shape index (κ1) is 34.2. The molecular formula is C28H35N5O10S2. The Kier molecular flexibility index (Phi) is 11.1. The number of likely N-dealkylation sites (tertiary alicyclic amines) is 1. The number of non-ortho nitro benzene ring substituents is 2. The van der Waals surface area contributed by atoms with Crippen LogP contribution in [0.4, 0.5) is 16.2 Å². The number of amides is 2. The third-order valence-electron chi connectivity index (χ3n) is 7.21. The van der Waals surface area contributed by atoms with Crippen molar-refractivity contribution in [3.63, 3.8) is 0 Å². The normalized spacial score (nSPS) is 21.0. The van der Waals surface area contributed by atoms with E-state index in [1.807, 2.05) is 0 Å². The molecular weight excluding hydrogens is 630 g/mol. The van der Waals surface area contributed by atoms with E-state index in [0.717, 1.165) is 0 Å². The van der Waals surface area contributed by atoms with E-state index in [4.69, 9.17) is 8.92 Å². The van der Waals surface area contributed by atoms with Crippen molar-refractivity contribution in [1.29, 1.82) is 0 Å². The van der Waals surface area contributed by atoms with Gasteiger partial charge in [0.25, 0.3) is 11.4 Å². The Morgan fingerprint density at radius 1 is 0.933 bits per heavy atom. The van der Waals surface area contributed by atoms with Crippen LogP contribution in [0.1, 0.15) is 46.5 Å². The highest BCUT2D eigenvalue weighted by Crippen LogP contribution is 2.30. The highest BCUT2D eigenvalue weighted by atomic mass is 32.2. The van der Waals surface area contributed by atoms with Crippen molar-refractivity contribution < 1.29 is 37.1 Å². The maximum atomic E-state index is 13.8. The molecule has 2 fully saturated rings. The highest BCUT2D eigenvalue weighted by Gasteiger charge is 2.43. The summed E-state index contributed by atoms with van der Waals surface area (Å²) in [6.45, 7) is 6.12. The van der Waals surface area contributed by atoms with Gasteiger partial charge < -0.3 is 19.5 Å². The summed E-state index contributed by atoms with van der Waals surface area (Å²) in [5.74, 6) is -0.365. The molecule has 244 valence electrons. The van der Waals surface area contributed by atoms with E-state index < -0.39 is 56.1 Å². The average Bonchev–Trinajstić information content (AvgIpc) is 3.00. The lowest BCUT2D eigenvalue weighted by atomic mass is 10.00. The van der Waals surface area contributed by atoms with Crippen LogP contribution in [0.15, 0.2) is 58.3 Å². The van der Waals surface area contributed by atoms with Gasteiger partial charge in [0, 0.05) is 55.5 Å². The van der Waals surface area contributed by atoms with Crippen molar-refractivity contribution in [3.05, 3.63) is 68.8 Å². The summed E-state index contributed by atoms with van der Waals surface area (Å²) in [7, 11) is 0. The lowest BCUT2D eigenvalue weighted by Gasteiger charge is -2.38. The first-order valence-corrected chi connectivity index (χ1v) is 16.4. The molecule has 2 saturated heterocycles. The zero-order chi connectivity index (χ0) is 32.9. The average molecular weight is 666 g/mol. The molecule has 0 aliphatic carbocycles. The number of piperidine rings is 2. The van der Waals surface area contributed by atoms with E-state index in [9.17, 15) is 38.6 Å². The van der Waals surface area contributed by atoms with Gasteiger partial charge in [-0.1, -0.05) is 0 Å². The molecule has 2 amide bonds. The van der Waals surface area contributed by atoms with Gasteiger partial charge in [0.15, 0.2) is 16.0 Å². The molecule has 0 radical (unpaired) electrons. The van der Waals surface area contributed by atoms with Gasteiger partial charge in [0.1, 0.15) is 11.6 Å². The molecule has 0 aromatic heterocycles. The Morgan fingerprint density at radius 3 is 2.02 bits per heavy atom. The van der Waals surface area contributed by atoms with Crippen LogP contribution >= 0.6 is 0 Å². The smallest absolute Gasteiger partial charge is 0.410 e. The van der Waals surface area contributed by atoms with Crippen LogP contribution in [0.25, 0.3) is 0 Å². The number of rotatable bonds is 9. The van der Waals surface area contributed by atoms with Crippen LogP contribution in [0.2, 0.25) is 0 Å². The summed E-state index contributed by atoms with van der Waals surface area (Å²) in [6, 6.07) is 9.17. The van der Waals surface area contributed by atoms with Crippen LogP contribution < -0.4 is 5.32 Å². The third kappa shape index (κ3) is 9.20. The predicted molar refractivity (Wildman–Crippen MR) is 163 cm³/mol. The van der Waals surface area contributed by atoms with Gasteiger partial charge in [-0.3, -0.25) is 29.2 Å². The Balaban J connectivity index is 1.44. The van der Waals surface area contributed by atoms with E-state index in [0.29, 0.717) is 32.4 Å². The molecule has 1 N–H and O–H groups in total. The van der Waals surface area contributed by atoms with Crippen LogP contribution in [0, 0.1) is 20.2 Å². The van der Waals surface area contributed by atoms with Gasteiger partial charge in [-0.2, -0.15) is 0 Å². The van der Waals surface area contributed by atoms with Crippen molar-refractivity contribution in [3.8, 4) is 0 Å². The lowest BCUT2D eigenvalue weighted by Crippen LogP contribution is -2.57. The minimum Gasteiger partial charge on any atom is -0.593 e. The highest BCUT2D eigenvalue weighted by molar-refractivity contribution is 7.89. The minimum absolute atomic E-state index is 0.0442. The third-order valence-corrected chi connectivity index (χ3v) is 9.82. The molecule has 17 heteroatoms. The van der Waals surface area contributed by atoms with Crippen molar-refractivity contribution in [2.45, 2.75) is 80.0 Å². The topological polar surface area (TPSA) is 198 Å². The number of hydrogen-bond donors (Lipinski definition) is 1. The fraction of sp³-hybridized carbons (Fsp3) is 0.500. The predicted octanol–water partition coefficient (Wildman–Crippen LogP) is 3.61. The summed E-state index contributed by atoms with van der Waals surface area (Å²) in [5, 5.41) is 25.1. The number of nitrogens with one attached hydrogen (secondary N) is 1. The molecule has 2 heterocycles. The number of nitro groups is 2. The van der Waals surface area contributed by atoms with Crippen molar-refractivity contribution in [2.24, 2.45) is 0 Å². The maximum Gasteiger partial charge on any atom is 0.410 e. The van der Waals surface area contributed by atoms with E-state index in [1.54, 1.807) is 25.7 Å². The van der Waals surface area contributed by atoms with Crippen molar-refractivity contribution >= 4 is 45.8 Å². The number of carbonyl (C=O) groups excluding carboxylic acids is 2. The van der Waals surface area contributed by atoms with Gasteiger partial charge in [0.2, 0.25) is 5.91 Å². The van der Waals surface area contributed by atoms with Gasteiger partial charge in [-0.25, -0.2) is 9.00 Å². The van der Waals surface area contributed by atoms with E-state index in [1.165, 1.54) is 52.8 Å². The van der Waals surface area contributed by atoms with Crippen LogP contribution in [0.3, 0.4) is 0 Å². The zero-order valence-electron chi connectivity index (χ0n) is 25.0. The summed E-state index contributed by atoms with van der Waals surface area (Å²) in [5.41, 5.74) is -0.967. The van der Waals surface area contributed by atoms with Gasteiger partial charge >= 0.3 is 6.09 Å². The van der Waals surface area contributed by atoms with Gasteiger partial charge in [-0.05, 0) is 58.6 Å². The fourth-order valence-electron chi connectivity index (χ4n) is 4.94. The Hall–Kier alpha value is -3.64. The Morgan fingerprint density at radius 2 is 1.49 bits per heavy atom. The number of nitro benzene ring substituents is 2. The van der Waals surface area contributed by atoms with E-state index >= 15 is 0 Å². The number of nitrogens with zero attached hydrogens (tertiary/aromatic N) is 4. The summed E-state index contributed by atoms with van der Waals surface area (Å²) in [4.78, 5) is 48.9. The molecule has 4 rings (SSSR count). The molecule has 15 nitrogen and oxygen atoms in total. The molecule has 2 aromatic rings. The number of benzene rings is 2. The second-order valence-electron chi connectivity index (χ2n) is 11.6. The second kappa shape index (κ2) is 14.6. The summed E-state index contributed by atoms with van der Waals surface area (Å²) >= 11 is -3.92. The molecule has 0 spiro atoms. The fourth-order valence-corrected chi connectivity index (χ4v) is 7.19. The van der Waals surface area contributed by atoms with Crippen LogP contribution in [0.5, 0.6) is 0 Å². The number of hydrogen-bond acceptors (Lipinski definition) is 11. The van der Waals surface area contributed by atoms with Gasteiger partial charge in [0.05, 0.1) is 38.8 Å². The Labute approximate surface area is 265 Å². The number of carbonyl (C=O) groups is 2. The van der Waals surface area contributed by atoms with Crippen molar-refractivity contribution in [2.75, 3.05) is 19.6 Å². The van der Waals surface area contributed by atoms with Gasteiger partial charge in [-0.15, -0.1) is 4.31 Å². The molecule has 2 aliphatic heterocycles. The van der Waals surface area contributed by atoms with E-state index in [-0.39, 0.29) is 46.1 Å². The SMILES string of the molecule is CC(C)(C)OC(=O)N1CCC(NC(=O)[C@H]2CC[C@@H](OS(=O)c3ccc([N+](=O)[O-])cc3)CN2[S+]([O-])c2ccc([N+](=O)[O-])cc2)CC1. The van der Waals surface area contributed by atoms with E-state index in [2.05, 4.69) is 5.32 Å². The molecule has 2 aromatic carbocycles. The molecule has 4 atom stereocenters. The van der Waals surface area contributed by atoms with Crippen LogP contribution in [-0.4, -0.2) is 83.2 Å². The molecule has 2 aliphatic rings. The molecule has 45 heavy (non-hydrogen) atoms. The maximum absolute atomic E-state index is 13.8. The summed E-state index contributed by atoms with van der Waals surface area (Å²) in [6.07, 6.45) is 0.405. The second-order valence-corrected chi connectivity index (χ2v) is 14.2. The quantitative estimate of drug-likeness (QED) is 0.233. The first-order chi connectivity index (χ1) is 21.2. The largest absolute Gasteiger partial charge is 0.593 e. The zero-order valence-corrected chi connectivity index (χ0v) is 26.6. The standard InChI is InChI=1S/C28H35N5O10S2/c1-28(2,3)42-27(35)30-16-14-19(15-17-30)29-26(34)25-13-8-22(43-45(41)24-11-6-21(7-12-24)33(38)39)18-31(25)44(40)23-9-4-20(5-10-23)32(36)37/h4-7,9-12,19,22,25H,8,13-18H2,1-3H3,(H,29,34)/t22-,25-,44?,45?/m1/s1. The number of ether oxygens (including phenoxy) is 1. The monoisotopic (exact) mass is 665 g/mol. The Bertz CT molecular complexity index is 1410. The van der Waals surface area contributed by atoms with Crippen molar-refractivity contribution in [1.82, 2.24) is 14.5 Å². The molecule has 0 saturated carbocycles. The first-order valence-electron chi connectivity index (χ1n) is 14.3. The summed E-state index contributed by atoms with van der Waals surface area (Å²) < 4.78 is 39.3. The molecule has 0 bridgehead atoms. The lowest BCUT2D eigenvalue weighted by molar-refractivity contribution is -0.385.